The number of methoxy groups -OCH3 is 1. The van der Waals surface area contributed by atoms with Crippen molar-refractivity contribution in [2.24, 2.45) is 0 Å². The fraction of sp³-hybridized carbons (Fsp3) is 0.294. The Balaban J connectivity index is 2.08. The molecule has 0 aromatic heterocycles. The molecule has 0 atom stereocenters. The lowest BCUT2D eigenvalue weighted by Crippen LogP contribution is -2.13. The third-order valence-electron chi connectivity index (χ3n) is 3.14. The van der Waals surface area contributed by atoms with Crippen LogP contribution in [0.1, 0.15) is 18.1 Å². The minimum Gasteiger partial charge on any atom is -0.497 e. The van der Waals surface area contributed by atoms with Gasteiger partial charge in [-0.1, -0.05) is 35.0 Å². The Bertz CT molecular complexity index is 570. The molecule has 4 heteroatoms. The molecule has 0 heterocycles. The highest BCUT2D eigenvalue weighted by Crippen LogP contribution is 2.25. The Kier molecular flexibility index (Phi) is 6.08. The van der Waals surface area contributed by atoms with Crippen LogP contribution in [-0.2, 0) is 13.2 Å². The predicted molar refractivity (Wildman–Crippen MR) is 88.8 cm³/mol. The lowest BCUT2D eigenvalue weighted by Gasteiger charge is -2.13. The second-order valence-electron chi connectivity index (χ2n) is 4.67. The maximum Gasteiger partial charge on any atom is 0.124 e. The molecule has 0 unspecified atom stereocenters. The van der Waals surface area contributed by atoms with E-state index in [2.05, 4.69) is 40.3 Å². The number of benzene rings is 2. The minimum atomic E-state index is 0.554. The lowest BCUT2D eigenvalue weighted by molar-refractivity contribution is 0.301. The molecule has 2 rings (SSSR count). The lowest BCUT2D eigenvalue weighted by atomic mass is 10.2. The van der Waals surface area contributed by atoms with Crippen LogP contribution in [0.5, 0.6) is 11.5 Å². The van der Waals surface area contributed by atoms with E-state index in [4.69, 9.17) is 9.47 Å². The zero-order valence-corrected chi connectivity index (χ0v) is 13.9. The van der Waals surface area contributed by atoms with Crippen molar-refractivity contribution in [3.8, 4) is 11.5 Å². The summed E-state index contributed by atoms with van der Waals surface area (Å²) in [5.74, 6) is 1.73. The SMILES string of the molecule is CCNCc1cc(OC)ccc1OCc1ccc(Br)cc1. The fourth-order valence-electron chi connectivity index (χ4n) is 1.96. The van der Waals surface area contributed by atoms with Crippen molar-refractivity contribution in [3.63, 3.8) is 0 Å². The number of hydrogen-bond acceptors (Lipinski definition) is 3. The van der Waals surface area contributed by atoms with Gasteiger partial charge in [-0.2, -0.15) is 0 Å². The van der Waals surface area contributed by atoms with E-state index in [-0.39, 0.29) is 0 Å². The van der Waals surface area contributed by atoms with E-state index < -0.39 is 0 Å². The average Bonchev–Trinajstić information content (AvgIpc) is 2.52. The van der Waals surface area contributed by atoms with Crippen LogP contribution in [0.15, 0.2) is 46.9 Å². The number of rotatable bonds is 7. The molecule has 0 amide bonds. The monoisotopic (exact) mass is 349 g/mol. The topological polar surface area (TPSA) is 30.5 Å². The Morgan fingerprint density at radius 2 is 1.86 bits per heavy atom. The fourth-order valence-corrected chi connectivity index (χ4v) is 2.23. The van der Waals surface area contributed by atoms with Crippen molar-refractivity contribution in [2.45, 2.75) is 20.1 Å². The summed E-state index contributed by atoms with van der Waals surface area (Å²) in [4.78, 5) is 0. The maximum absolute atomic E-state index is 5.95. The van der Waals surface area contributed by atoms with E-state index in [1.165, 1.54) is 0 Å². The van der Waals surface area contributed by atoms with Crippen LogP contribution in [0, 0.1) is 0 Å². The molecule has 0 bridgehead atoms. The molecule has 0 saturated heterocycles. The molecule has 0 aliphatic heterocycles. The van der Waals surface area contributed by atoms with E-state index in [9.17, 15) is 0 Å². The Morgan fingerprint density at radius 3 is 2.52 bits per heavy atom. The largest absolute Gasteiger partial charge is 0.497 e. The van der Waals surface area contributed by atoms with Gasteiger partial charge in [0, 0.05) is 16.6 Å². The number of ether oxygens (including phenoxy) is 2. The van der Waals surface area contributed by atoms with E-state index in [1.54, 1.807) is 7.11 Å². The molecular formula is C17H20BrNO2. The van der Waals surface area contributed by atoms with Crippen LogP contribution >= 0.6 is 15.9 Å². The third-order valence-corrected chi connectivity index (χ3v) is 3.67. The molecule has 21 heavy (non-hydrogen) atoms. The summed E-state index contributed by atoms with van der Waals surface area (Å²) in [6, 6.07) is 14.0. The smallest absolute Gasteiger partial charge is 0.124 e. The van der Waals surface area contributed by atoms with Crippen molar-refractivity contribution >= 4 is 15.9 Å². The number of nitrogens with one attached hydrogen (secondary N) is 1. The molecule has 0 radical (unpaired) electrons. The first-order chi connectivity index (χ1) is 10.2. The van der Waals surface area contributed by atoms with Crippen LogP contribution in [0.3, 0.4) is 0 Å². The summed E-state index contributed by atoms with van der Waals surface area (Å²) >= 11 is 3.43. The van der Waals surface area contributed by atoms with E-state index >= 15 is 0 Å². The van der Waals surface area contributed by atoms with Crippen LogP contribution in [0.2, 0.25) is 0 Å². The van der Waals surface area contributed by atoms with Crippen LogP contribution in [-0.4, -0.2) is 13.7 Å². The Labute approximate surface area is 134 Å². The minimum absolute atomic E-state index is 0.554. The van der Waals surface area contributed by atoms with Gasteiger partial charge in [0.15, 0.2) is 0 Å². The van der Waals surface area contributed by atoms with E-state index in [0.717, 1.165) is 40.2 Å². The Morgan fingerprint density at radius 1 is 1.10 bits per heavy atom. The van der Waals surface area contributed by atoms with E-state index in [0.29, 0.717) is 6.61 Å². The van der Waals surface area contributed by atoms with Gasteiger partial charge < -0.3 is 14.8 Å². The molecular weight excluding hydrogens is 330 g/mol. The van der Waals surface area contributed by atoms with Crippen molar-refractivity contribution in [2.75, 3.05) is 13.7 Å². The highest BCUT2D eigenvalue weighted by atomic mass is 79.9. The van der Waals surface area contributed by atoms with Gasteiger partial charge in [0.25, 0.3) is 0 Å². The Hall–Kier alpha value is -1.52. The van der Waals surface area contributed by atoms with Gasteiger partial charge in [-0.25, -0.2) is 0 Å². The van der Waals surface area contributed by atoms with Gasteiger partial charge in [0.1, 0.15) is 18.1 Å². The zero-order chi connectivity index (χ0) is 15.1. The first-order valence-corrected chi connectivity index (χ1v) is 7.77. The first-order valence-electron chi connectivity index (χ1n) is 6.97. The van der Waals surface area contributed by atoms with Crippen molar-refractivity contribution in [1.82, 2.24) is 5.32 Å². The van der Waals surface area contributed by atoms with Gasteiger partial charge in [-0.15, -0.1) is 0 Å². The molecule has 2 aromatic carbocycles. The number of halogens is 1. The second-order valence-corrected chi connectivity index (χ2v) is 5.58. The van der Waals surface area contributed by atoms with Crippen LogP contribution < -0.4 is 14.8 Å². The highest BCUT2D eigenvalue weighted by molar-refractivity contribution is 9.10. The summed E-state index contributed by atoms with van der Waals surface area (Å²) in [5, 5.41) is 3.32. The van der Waals surface area contributed by atoms with Gasteiger partial charge in [0.05, 0.1) is 7.11 Å². The first kappa shape index (κ1) is 15.9. The molecule has 3 nitrogen and oxygen atoms in total. The molecule has 0 spiro atoms. The standard InChI is InChI=1S/C17H20BrNO2/c1-3-19-11-14-10-16(20-2)8-9-17(14)21-12-13-4-6-15(18)7-5-13/h4-10,19H,3,11-12H2,1-2H3. The average molecular weight is 350 g/mol. The predicted octanol–water partition coefficient (Wildman–Crippen LogP) is 4.15. The summed E-state index contributed by atoms with van der Waals surface area (Å²) in [5.41, 5.74) is 2.25. The molecule has 0 fully saturated rings. The maximum atomic E-state index is 5.95. The summed E-state index contributed by atoms with van der Waals surface area (Å²) in [6.45, 7) is 4.33. The summed E-state index contributed by atoms with van der Waals surface area (Å²) in [7, 11) is 1.68. The van der Waals surface area contributed by atoms with Crippen LogP contribution in [0.25, 0.3) is 0 Å². The highest BCUT2D eigenvalue weighted by Gasteiger charge is 2.06. The normalized spacial score (nSPS) is 10.4. The van der Waals surface area contributed by atoms with Crippen molar-refractivity contribution in [1.29, 1.82) is 0 Å². The zero-order valence-electron chi connectivity index (χ0n) is 12.4. The molecule has 0 aliphatic rings. The van der Waals surface area contributed by atoms with Crippen molar-refractivity contribution in [3.05, 3.63) is 58.1 Å². The van der Waals surface area contributed by atoms with E-state index in [1.807, 2.05) is 30.3 Å². The molecule has 0 aliphatic carbocycles. The van der Waals surface area contributed by atoms with Gasteiger partial charge in [-0.05, 0) is 42.4 Å². The summed E-state index contributed by atoms with van der Waals surface area (Å²) in [6.07, 6.45) is 0. The van der Waals surface area contributed by atoms with Gasteiger partial charge in [0.2, 0.25) is 0 Å². The molecule has 0 saturated carbocycles. The second kappa shape index (κ2) is 8.05. The van der Waals surface area contributed by atoms with Gasteiger partial charge >= 0.3 is 0 Å². The number of hydrogen-bond donors (Lipinski definition) is 1. The summed E-state index contributed by atoms with van der Waals surface area (Å²) < 4.78 is 12.3. The van der Waals surface area contributed by atoms with Gasteiger partial charge in [-0.3, -0.25) is 0 Å². The molecule has 1 N–H and O–H groups in total. The molecule has 112 valence electrons. The molecule has 2 aromatic rings. The van der Waals surface area contributed by atoms with Crippen molar-refractivity contribution < 1.29 is 9.47 Å². The van der Waals surface area contributed by atoms with Crippen LogP contribution in [0.4, 0.5) is 0 Å². The third kappa shape index (κ3) is 4.76. The quantitative estimate of drug-likeness (QED) is 0.814.